The van der Waals surface area contributed by atoms with Crippen LogP contribution >= 0.6 is 0 Å². The van der Waals surface area contributed by atoms with Crippen molar-refractivity contribution in [3.63, 3.8) is 0 Å². The van der Waals surface area contributed by atoms with E-state index in [4.69, 9.17) is 9.47 Å². The Morgan fingerprint density at radius 1 is 1.41 bits per heavy atom. The van der Waals surface area contributed by atoms with Crippen LogP contribution in [0.2, 0.25) is 0 Å². The first-order valence-electron chi connectivity index (χ1n) is 6.79. The highest BCUT2D eigenvalue weighted by Crippen LogP contribution is 2.25. The van der Waals surface area contributed by atoms with Crippen LogP contribution in [0.5, 0.6) is 0 Å². The molecule has 2 aliphatic rings. The van der Waals surface area contributed by atoms with Gasteiger partial charge in [0.05, 0.1) is 13.2 Å². The minimum atomic E-state index is -0.571. The highest BCUT2D eigenvalue weighted by atomic mass is 16.5. The Hall–Kier alpha value is -0.610. The molecule has 2 fully saturated rings. The van der Waals surface area contributed by atoms with Gasteiger partial charge in [0.1, 0.15) is 5.54 Å². The molecule has 0 aromatic carbocycles. The molecule has 17 heavy (non-hydrogen) atoms. The summed E-state index contributed by atoms with van der Waals surface area (Å²) >= 11 is 0. The Morgan fingerprint density at radius 3 is 2.76 bits per heavy atom. The second kappa shape index (κ2) is 5.83. The standard InChI is InChI=1S/C13H23NO3/c1-2-17-12(15)13(8-9-16-10-13)14-11-6-4-3-5-7-11/h11,14H,2-10H2,1H3. The fraction of sp³-hybridized carbons (Fsp3) is 0.923. The number of esters is 1. The van der Waals surface area contributed by atoms with Crippen molar-refractivity contribution in [3.05, 3.63) is 0 Å². The minimum Gasteiger partial charge on any atom is -0.465 e. The van der Waals surface area contributed by atoms with Crippen LogP contribution in [0.3, 0.4) is 0 Å². The lowest BCUT2D eigenvalue weighted by atomic mass is 9.90. The number of hydrogen-bond donors (Lipinski definition) is 1. The summed E-state index contributed by atoms with van der Waals surface area (Å²) in [5.41, 5.74) is -0.571. The van der Waals surface area contributed by atoms with Crippen LogP contribution in [0.15, 0.2) is 0 Å². The fourth-order valence-electron chi connectivity index (χ4n) is 2.81. The van der Waals surface area contributed by atoms with Crippen LogP contribution in [0.4, 0.5) is 0 Å². The molecule has 1 aliphatic heterocycles. The SMILES string of the molecule is CCOC(=O)C1(NC2CCCCC2)CCOC1. The van der Waals surface area contributed by atoms with Crippen LogP contribution in [0, 0.1) is 0 Å². The van der Waals surface area contributed by atoms with Crippen molar-refractivity contribution in [2.45, 2.75) is 57.0 Å². The van der Waals surface area contributed by atoms with Gasteiger partial charge in [-0.3, -0.25) is 5.32 Å². The van der Waals surface area contributed by atoms with Gasteiger partial charge in [0.15, 0.2) is 0 Å². The molecule has 0 aromatic rings. The molecule has 0 aromatic heterocycles. The predicted octanol–water partition coefficient (Wildman–Crippen LogP) is 1.63. The van der Waals surface area contributed by atoms with Crippen LogP contribution in [-0.4, -0.2) is 37.4 Å². The van der Waals surface area contributed by atoms with Crippen molar-refractivity contribution in [3.8, 4) is 0 Å². The molecule has 1 atom stereocenters. The summed E-state index contributed by atoms with van der Waals surface area (Å²) in [6.45, 7) is 3.40. The van der Waals surface area contributed by atoms with Crippen molar-refractivity contribution >= 4 is 5.97 Å². The van der Waals surface area contributed by atoms with Crippen LogP contribution < -0.4 is 5.32 Å². The molecular weight excluding hydrogens is 218 g/mol. The zero-order valence-corrected chi connectivity index (χ0v) is 10.7. The van der Waals surface area contributed by atoms with Gasteiger partial charge in [0.2, 0.25) is 0 Å². The zero-order valence-electron chi connectivity index (χ0n) is 10.7. The average Bonchev–Trinajstić information content (AvgIpc) is 2.80. The molecule has 4 nitrogen and oxygen atoms in total. The largest absolute Gasteiger partial charge is 0.465 e. The lowest BCUT2D eigenvalue weighted by Gasteiger charge is -2.33. The molecule has 1 saturated heterocycles. The van der Waals surface area contributed by atoms with Gasteiger partial charge < -0.3 is 9.47 Å². The normalized spacial score (nSPS) is 30.4. The van der Waals surface area contributed by atoms with Crippen molar-refractivity contribution in [1.29, 1.82) is 0 Å². The third-order valence-corrected chi connectivity index (χ3v) is 3.77. The number of hydrogen-bond acceptors (Lipinski definition) is 4. The molecule has 0 radical (unpaired) electrons. The number of ether oxygens (including phenoxy) is 2. The lowest BCUT2D eigenvalue weighted by Crippen LogP contribution is -2.57. The Morgan fingerprint density at radius 2 is 2.18 bits per heavy atom. The minimum absolute atomic E-state index is 0.136. The van der Waals surface area contributed by atoms with E-state index in [9.17, 15) is 4.79 Å². The van der Waals surface area contributed by atoms with Gasteiger partial charge in [-0.15, -0.1) is 0 Å². The van der Waals surface area contributed by atoms with Crippen molar-refractivity contribution in [2.75, 3.05) is 19.8 Å². The van der Waals surface area contributed by atoms with Crippen LogP contribution in [-0.2, 0) is 14.3 Å². The average molecular weight is 241 g/mol. The summed E-state index contributed by atoms with van der Waals surface area (Å²) in [6.07, 6.45) is 6.92. The zero-order chi connectivity index (χ0) is 12.1. The monoisotopic (exact) mass is 241 g/mol. The number of carbonyl (C=O) groups excluding carboxylic acids is 1. The first-order valence-corrected chi connectivity index (χ1v) is 6.79. The van der Waals surface area contributed by atoms with Crippen LogP contribution in [0.1, 0.15) is 45.4 Å². The smallest absolute Gasteiger partial charge is 0.328 e. The first kappa shape index (κ1) is 12.8. The van der Waals surface area contributed by atoms with Gasteiger partial charge in [-0.2, -0.15) is 0 Å². The highest BCUT2D eigenvalue weighted by molar-refractivity contribution is 5.81. The molecule has 2 rings (SSSR count). The predicted molar refractivity (Wildman–Crippen MR) is 64.8 cm³/mol. The molecule has 1 N–H and O–H groups in total. The summed E-state index contributed by atoms with van der Waals surface area (Å²) < 4.78 is 10.6. The molecule has 4 heteroatoms. The molecular formula is C13H23NO3. The number of rotatable bonds is 4. The topological polar surface area (TPSA) is 47.6 Å². The van der Waals surface area contributed by atoms with E-state index in [0.717, 1.165) is 6.42 Å². The maximum Gasteiger partial charge on any atom is 0.328 e. The van der Waals surface area contributed by atoms with E-state index < -0.39 is 5.54 Å². The lowest BCUT2D eigenvalue weighted by molar-refractivity contribution is -0.151. The van der Waals surface area contributed by atoms with Gasteiger partial charge in [0.25, 0.3) is 0 Å². The van der Waals surface area contributed by atoms with Crippen molar-refractivity contribution < 1.29 is 14.3 Å². The van der Waals surface area contributed by atoms with Crippen LogP contribution in [0.25, 0.3) is 0 Å². The van der Waals surface area contributed by atoms with Gasteiger partial charge in [0, 0.05) is 19.1 Å². The number of nitrogens with one attached hydrogen (secondary N) is 1. The molecule has 0 bridgehead atoms. The molecule has 1 unspecified atom stereocenters. The molecule has 0 amide bonds. The second-order valence-corrected chi connectivity index (χ2v) is 5.08. The van der Waals surface area contributed by atoms with Crippen molar-refractivity contribution in [1.82, 2.24) is 5.32 Å². The third kappa shape index (κ3) is 2.99. The summed E-state index contributed by atoms with van der Waals surface area (Å²) in [7, 11) is 0. The maximum absolute atomic E-state index is 12.1. The van der Waals surface area contributed by atoms with E-state index in [-0.39, 0.29) is 5.97 Å². The van der Waals surface area contributed by atoms with Gasteiger partial charge in [-0.1, -0.05) is 19.3 Å². The molecule has 1 aliphatic carbocycles. The third-order valence-electron chi connectivity index (χ3n) is 3.77. The molecule has 0 spiro atoms. The van der Waals surface area contributed by atoms with E-state index in [2.05, 4.69) is 5.32 Å². The van der Waals surface area contributed by atoms with E-state index >= 15 is 0 Å². The Balaban J connectivity index is 1.97. The summed E-state index contributed by atoms with van der Waals surface area (Å²) in [6, 6.07) is 0.454. The van der Waals surface area contributed by atoms with E-state index in [1.165, 1.54) is 32.1 Å². The second-order valence-electron chi connectivity index (χ2n) is 5.08. The van der Waals surface area contributed by atoms with Gasteiger partial charge >= 0.3 is 5.97 Å². The molecule has 1 saturated carbocycles. The molecule has 1 heterocycles. The quantitative estimate of drug-likeness (QED) is 0.760. The molecule has 98 valence electrons. The van der Waals surface area contributed by atoms with Gasteiger partial charge in [-0.25, -0.2) is 4.79 Å². The summed E-state index contributed by atoms with van der Waals surface area (Å²) in [5.74, 6) is -0.136. The van der Waals surface area contributed by atoms with E-state index in [1.54, 1.807) is 0 Å². The highest BCUT2D eigenvalue weighted by Gasteiger charge is 2.45. The number of carbonyl (C=O) groups is 1. The summed E-state index contributed by atoms with van der Waals surface area (Å²) in [4.78, 5) is 12.1. The summed E-state index contributed by atoms with van der Waals surface area (Å²) in [5, 5.41) is 3.52. The Bertz CT molecular complexity index is 255. The Kier molecular flexibility index (Phi) is 4.40. The van der Waals surface area contributed by atoms with Gasteiger partial charge in [-0.05, 0) is 19.8 Å². The Labute approximate surface area is 103 Å². The van der Waals surface area contributed by atoms with Crippen molar-refractivity contribution in [2.24, 2.45) is 0 Å². The van der Waals surface area contributed by atoms with E-state index in [1.807, 2.05) is 6.92 Å². The maximum atomic E-state index is 12.1. The first-order chi connectivity index (χ1) is 8.27. The fourth-order valence-corrected chi connectivity index (χ4v) is 2.81. The van der Waals surface area contributed by atoms with E-state index in [0.29, 0.717) is 25.9 Å².